The Balaban J connectivity index is 1.50. The maximum atomic E-state index is 13.1. The van der Waals surface area contributed by atoms with Crippen LogP contribution in [0.25, 0.3) is 16.7 Å². The summed E-state index contributed by atoms with van der Waals surface area (Å²) < 4.78 is 5.64. The summed E-state index contributed by atoms with van der Waals surface area (Å²) in [5.74, 6) is 0.634. The lowest BCUT2D eigenvalue weighted by atomic mass is 10.0. The lowest BCUT2D eigenvalue weighted by Gasteiger charge is -2.39. The Hall–Kier alpha value is -2.86. The molecule has 31 heavy (non-hydrogen) atoms. The molecule has 1 aromatic heterocycles. The normalized spacial score (nSPS) is 20.6. The fourth-order valence-electron chi connectivity index (χ4n) is 4.35. The van der Waals surface area contributed by atoms with E-state index in [2.05, 4.69) is 41.0 Å². The van der Waals surface area contributed by atoms with Gasteiger partial charge in [-0.25, -0.2) is 4.98 Å². The van der Waals surface area contributed by atoms with Crippen molar-refractivity contribution in [2.45, 2.75) is 45.7 Å². The van der Waals surface area contributed by atoms with Crippen molar-refractivity contribution >= 4 is 22.6 Å². The minimum absolute atomic E-state index is 0.0103. The summed E-state index contributed by atoms with van der Waals surface area (Å²) in [5.41, 5.74) is 4.57. The Bertz CT molecular complexity index is 1050. The minimum Gasteiger partial charge on any atom is -0.441 e. The van der Waals surface area contributed by atoms with E-state index >= 15 is 0 Å². The maximum Gasteiger partial charge on any atom is 0.251 e. The van der Waals surface area contributed by atoms with E-state index in [1.807, 2.05) is 50.1 Å². The highest BCUT2D eigenvalue weighted by molar-refractivity contribution is 5.96. The molecule has 0 aliphatic carbocycles. The lowest BCUT2D eigenvalue weighted by molar-refractivity contribution is -0.124. The zero-order valence-corrected chi connectivity index (χ0v) is 19.1. The van der Waals surface area contributed by atoms with Crippen LogP contribution in [0.5, 0.6) is 0 Å². The van der Waals surface area contributed by atoms with E-state index in [-0.39, 0.29) is 11.9 Å². The Morgan fingerprint density at radius 1 is 1.26 bits per heavy atom. The molecule has 1 saturated heterocycles. The lowest BCUT2D eigenvalue weighted by Crippen LogP contribution is -2.43. The molecule has 0 spiro atoms. The van der Waals surface area contributed by atoms with Gasteiger partial charge in [-0.05, 0) is 70.1 Å². The van der Waals surface area contributed by atoms with Gasteiger partial charge in [0, 0.05) is 38.3 Å². The summed E-state index contributed by atoms with van der Waals surface area (Å²) in [6, 6.07) is 6.53. The van der Waals surface area contributed by atoms with Gasteiger partial charge in [0.05, 0.1) is 11.7 Å². The summed E-state index contributed by atoms with van der Waals surface area (Å²) in [6.45, 7) is 7.88. The highest BCUT2D eigenvalue weighted by Gasteiger charge is 2.25. The molecule has 164 valence electrons. The number of nitrogens with zero attached hydrogens (tertiary/aromatic N) is 4. The van der Waals surface area contributed by atoms with E-state index in [0.717, 1.165) is 53.9 Å². The van der Waals surface area contributed by atoms with Crippen molar-refractivity contribution in [2.24, 2.45) is 0 Å². The Morgan fingerprint density at radius 2 is 2.00 bits per heavy atom. The predicted octanol–water partition coefficient (Wildman–Crippen LogP) is 4.19. The number of piperidine rings is 1. The number of allylic oxidation sites excluding steroid dienone is 2. The Morgan fingerprint density at radius 3 is 2.71 bits per heavy atom. The predicted molar refractivity (Wildman–Crippen MR) is 124 cm³/mol. The van der Waals surface area contributed by atoms with Gasteiger partial charge in [-0.3, -0.25) is 4.79 Å². The molecule has 2 aliphatic heterocycles. The van der Waals surface area contributed by atoms with E-state index in [9.17, 15) is 4.79 Å². The summed E-state index contributed by atoms with van der Waals surface area (Å²) in [5, 5.41) is 0. The Labute approximate surface area is 184 Å². The van der Waals surface area contributed by atoms with Crippen molar-refractivity contribution in [3.63, 3.8) is 0 Å². The summed E-state index contributed by atoms with van der Waals surface area (Å²) in [6.07, 6.45) is 10.3. The van der Waals surface area contributed by atoms with Gasteiger partial charge < -0.3 is 19.1 Å². The largest absolute Gasteiger partial charge is 0.441 e. The van der Waals surface area contributed by atoms with Gasteiger partial charge in [-0.15, -0.1) is 0 Å². The maximum absolute atomic E-state index is 13.1. The van der Waals surface area contributed by atoms with Crippen LogP contribution >= 0.6 is 0 Å². The molecule has 0 N–H and O–H groups in total. The SMILES string of the molecule is C/C(=C\C(=O)N1C=C(N2CCC(N(C)C)CC2)C=CC1C)c1ccc2nc(C)oc2c1. The smallest absolute Gasteiger partial charge is 0.251 e. The average molecular weight is 421 g/mol. The van der Waals surface area contributed by atoms with Crippen molar-refractivity contribution in [1.82, 2.24) is 19.7 Å². The minimum atomic E-state index is -0.0103. The molecule has 1 aromatic carbocycles. The molecule has 3 heterocycles. The summed E-state index contributed by atoms with van der Waals surface area (Å²) >= 11 is 0. The van der Waals surface area contributed by atoms with E-state index in [4.69, 9.17) is 4.42 Å². The highest BCUT2D eigenvalue weighted by Crippen LogP contribution is 2.25. The van der Waals surface area contributed by atoms with Gasteiger partial charge in [-0.2, -0.15) is 0 Å². The number of hydrogen-bond acceptors (Lipinski definition) is 5. The third-order valence-corrected chi connectivity index (χ3v) is 6.36. The number of hydrogen-bond donors (Lipinski definition) is 0. The average Bonchev–Trinajstić information content (AvgIpc) is 3.13. The number of fused-ring (bicyclic) bond motifs is 1. The quantitative estimate of drug-likeness (QED) is 0.694. The molecule has 1 atom stereocenters. The number of carbonyl (C=O) groups is 1. The van der Waals surface area contributed by atoms with Crippen LogP contribution in [0, 0.1) is 6.92 Å². The Kier molecular flexibility index (Phi) is 6.01. The van der Waals surface area contributed by atoms with Crippen molar-refractivity contribution in [1.29, 1.82) is 0 Å². The van der Waals surface area contributed by atoms with Gasteiger partial charge >= 0.3 is 0 Å². The van der Waals surface area contributed by atoms with Crippen molar-refractivity contribution in [3.05, 3.63) is 59.8 Å². The van der Waals surface area contributed by atoms with Crippen molar-refractivity contribution < 1.29 is 9.21 Å². The first-order chi connectivity index (χ1) is 14.8. The van der Waals surface area contributed by atoms with E-state index in [1.165, 1.54) is 0 Å². The van der Waals surface area contributed by atoms with Gasteiger partial charge in [0.25, 0.3) is 5.91 Å². The molecule has 6 heteroatoms. The second-order valence-electron chi connectivity index (χ2n) is 8.82. The fourth-order valence-corrected chi connectivity index (χ4v) is 4.35. The molecule has 4 rings (SSSR count). The fraction of sp³-hybridized carbons (Fsp3) is 0.440. The molecule has 2 aromatic rings. The van der Waals surface area contributed by atoms with Gasteiger partial charge in [0.1, 0.15) is 5.52 Å². The van der Waals surface area contributed by atoms with Gasteiger partial charge in [0.2, 0.25) is 0 Å². The third kappa shape index (κ3) is 4.59. The number of amides is 1. The van der Waals surface area contributed by atoms with Crippen LogP contribution < -0.4 is 0 Å². The van der Waals surface area contributed by atoms with Gasteiger partial charge in [-0.1, -0.05) is 12.1 Å². The van der Waals surface area contributed by atoms with E-state index in [0.29, 0.717) is 11.9 Å². The molecular formula is C25H32N4O2. The first-order valence-corrected chi connectivity index (χ1v) is 11.0. The number of aromatic nitrogens is 1. The number of carbonyl (C=O) groups excluding carboxylic acids is 1. The van der Waals surface area contributed by atoms with Crippen LogP contribution in [-0.4, -0.2) is 64.9 Å². The zero-order chi connectivity index (χ0) is 22.1. The number of aryl methyl sites for hydroxylation is 1. The number of benzene rings is 1. The molecule has 0 bridgehead atoms. The van der Waals surface area contributed by atoms with Crippen LogP contribution in [0.2, 0.25) is 0 Å². The molecule has 6 nitrogen and oxygen atoms in total. The number of oxazole rings is 1. The zero-order valence-electron chi connectivity index (χ0n) is 19.1. The van der Waals surface area contributed by atoms with Crippen molar-refractivity contribution in [3.8, 4) is 0 Å². The van der Waals surface area contributed by atoms with Crippen LogP contribution in [0.4, 0.5) is 0 Å². The topological polar surface area (TPSA) is 52.8 Å². The molecule has 1 fully saturated rings. The number of rotatable bonds is 4. The van der Waals surface area contributed by atoms with E-state index < -0.39 is 0 Å². The first-order valence-electron chi connectivity index (χ1n) is 11.0. The molecule has 2 aliphatic rings. The summed E-state index contributed by atoms with van der Waals surface area (Å²) in [4.78, 5) is 24.0. The van der Waals surface area contributed by atoms with Crippen LogP contribution in [0.15, 0.2) is 52.7 Å². The van der Waals surface area contributed by atoms with E-state index in [1.54, 1.807) is 6.08 Å². The highest BCUT2D eigenvalue weighted by atomic mass is 16.3. The van der Waals surface area contributed by atoms with Crippen LogP contribution in [0.1, 0.15) is 38.1 Å². The number of likely N-dealkylation sites (tertiary alicyclic amines) is 1. The van der Waals surface area contributed by atoms with Gasteiger partial charge in [0.15, 0.2) is 11.5 Å². The van der Waals surface area contributed by atoms with Crippen LogP contribution in [-0.2, 0) is 4.79 Å². The van der Waals surface area contributed by atoms with Crippen molar-refractivity contribution in [2.75, 3.05) is 27.2 Å². The third-order valence-electron chi connectivity index (χ3n) is 6.36. The standard InChI is InChI=1S/C25H32N4O2/c1-17(20-7-9-23-24(15-20)31-19(3)26-23)14-25(30)29-16-22(8-6-18(29)2)28-12-10-21(11-13-28)27(4)5/h6-9,14-16,18,21H,10-13H2,1-5H3/b17-14+. The molecule has 1 amide bonds. The monoisotopic (exact) mass is 420 g/mol. The van der Waals surface area contributed by atoms with Crippen LogP contribution in [0.3, 0.4) is 0 Å². The molecule has 0 saturated carbocycles. The molecular weight excluding hydrogens is 388 g/mol. The second kappa shape index (κ2) is 8.71. The molecule has 0 radical (unpaired) electrons. The summed E-state index contributed by atoms with van der Waals surface area (Å²) in [7, 11) is 4.30. The first kappa shape index (κ1) is 21.4. The molecule has 1 unspecified atom stereocenters. The second-order valence-corrected chi connectivity index (χ2v) is 8.82.